The van der Waals surface area contributed by atoms with Crippen molar-refractivity contribution in [2.75, 3.05) is 5.75 Å². The molecule has 0 atom stereocenters. The van der Waals surface area contributed by atoms with E-state index in [1.165, 1.54) is 0 Å². The van der Waals surface area contributed by atoms with Gasteiger partial charge < -0.3 is 4.52 Å². The Kier molecular flexibility index (Phi) is 6.10. The third-order valence-corrected chi connectivity index (χ3v) is 6.90. The van der Waals surface area contributed by atoms with Crippen LogP contribution in [0.1, 0.15) is 22.8 Å². The van der Waals surface area contributed by atoms with Crippen LogP contribution in [0, 0.1) is 13.8 Å². The molecule has 0 N–H and O–H groups in total. The van der Waals surface area contributed by atoms with Crippen LogP contribution in [0.2, 0.25) is 0 Å². The molecule has 0 aromatic carbocycles. The van der Waals surface area contributed by atoms with E-state index in [0.717, 1.165) is 43.6 Å². The summed E-state index contributed by atoms with van der Waals surface area (Å²) in [6, 6.07) is 3.69. The van der Waals surface area contributed by atoms with Gasteiger partial charge in [-0.25, -0.2) is 4.98 Å². The first kappa shape index (κ1) is 20.5. The minimum Gasteiger partial charge on any atom is -0.339 e. The summed E-state index contributed by atoms with van der Waals surface area (Å²) in [4.78, 5) is 28.1. The summed E-state index contributed by atoms with van der Waals surface area (Å²) >= 11 is 3.14. The number of hydrogen-bond acceptors (Lipinski definition) is 8. The number of thioether (sulfide) groups is 1. The first-order chi connectivity index (χ1) is 14.6. The number of fused-ring (bicyclic) bond motifs is 1. The highest BCUT2D eigenvalue weighted by molar-refractivity contribution is 7.99. The lowest BCUT2D eigenvalue weighted by molar-refractivity contribution is 0.378. The van der Waals surface area contributed by atoms with Crippen molar-refractivity contribution >= 4 is 33.3 Å². The lowest BCUT2D eigenvalue weighted by Crippen LogP contribution is -2.22. The van der Waals surface area contributed by atoms with E-state index in [9.17, 15) is 4.79 Å². The van der Waals surface area contributed by atoms with E-state index >= 15 is 0 Å². The summed E-state index contributed by atoms with van der Waals surface area (Å²) in [5.74, 6) is 1.94. The summed E-state index contributed by atoms with van der Waals surface area (Å²) in [6.07, 6.45) is 6.62. The smallest absolute Gasteiger partial charge is 0.263 e. The number of thiophene rings is 1. The van der Waals surface area contributed by atoms with E-state index in [2.05, 4.69) is 21.7 Å². The SMILES string of the molecule is C=CCn1c(SCCCc2nc(-c3ccncc3)no2)nc2sc(C)c(C)c2c1=O. The molecule has 4 rings (SSSR count). The van der Waals surface area contributed by atoms with Gasteiger partial charge >= 0.3 is 0 Å². The fourth-order valence-electron chi connectivity index (χ4n) is 3.07. The van der Waals surface area contributed by atoms with Crippen LogP contribution in [0.4, 0.5) is 0 Å². The Balaban J connectivity index is 1.45. The van der Waals surface area contributed by atoms with E-state index in [-0.39, 0.29) is 5.56 Å². The van der Waals surface area contributed by atoms with Gasteiger partial charge in [0.25, 0.3) is 5.56 Å². The molecule has 0 spiro atoms. The van der Waals surface area contributed by atoms with Gasteiger partial charge in [0.15, 0.2) is 5.16 Å². The van der Waals surface area contributed by atoms with Crippen molar-refractivity contribution in [3.05, 3.63) is 63.9 Å². The molecule has 4 aromatic heterocycles. The second-order valence-electron chi connectivity index (χ2n) is 6.76. The molecule has 0 aliphatic rings. The van der Waals surface area contributed by atoms with E-state index < -0.39 is 0 Å². The lowest BCUT2D eigenvalue weighted by atomic mass is 10.2. The molecular weight excluding hydrogens is 418 g/mol. The Hall–Kier alpha value is -2.78. The van der Waals surface area contributed by atoms with E-state index in [0.29, 0.717) is 24.7 Å². The van der Waals surface area contributed by atoms with Crippen LogP contribution >= 0.6 is 23.1 Å². The highest BCUT2D eigenvalue weighted by Gasteiger charge is 2.16. The number of aryl methyl sites for hydroxylation is 3. The second-order valence-corrected chi connectivity index (χ2v) is 9.03. The van der Waals surface area contributed by atoms with E-state index in [4.69, 9.17) is 9.51 Å². The quantitative estimate of drug-likeness (QED) is 0.174. The van der Waals surface area contributed by atoms with Crippen molar-refractivity contribution in [1.82, 2.24) is 24.7 Å². The zero-order valence-electron chi connectivity index (χ0n) is 16.8. The second kappa shape index (κ2) is 8.93. The number of pyridine rings is 1. The molecule has 7 nitrogen and oxygen atoms in total. The molecule has 9 heteroatoms. The third kappa shape index (κ3) is 4.08. The number of aromatic nitrogens is 5. The molecule has 0 bridgehead atoms. The van der Waals surface area contributed by atoms with E-state index in [1.54, 1.807) is 46.1 Å². The van der Waals surface area contributed by atoms with Gasteiger partial charge in [-0.3, -0.25) is 14.3 Å². The Morgan fingerprint density at radius 1 is 1.27 bits per heavy atom. The van der Waals surface area contributed by atoms with Gasteiger partial charge in [0.1, 0.15) is 4.83 Å². The maximum absolute atomic E-state index is 13.0. The van der Waals surface area contributed by atoms with Gasteiger partial charge in [0, 0.05) is 41.6 Å². The molecule has 0 radical (unpaired) electrons. The fourth-order valence-corrected chi connectivity index (χ4v) is 5.09. The highest BCUT2D eigenvalue weighted by Crippen LogP contribution is 2.28. The van der Waals surface area contributed by atoms with Crippen LogP contribution in [0.3, 0.4) is 0 Å². The van der Waals surface area contributed by atoms with Crippen LogP contribution < -0.4 is 5.56 Å². The largest absolute Gasteiger partial charge is 0.339 e. The summed E-state index contributed by atoms with van der Waals surface area (Å²) in [7, 11) is 0. The molecule has 0 saturated heterocycles. The Morgan fingerprint density at radius 3 is 2.83 bits per heavy atom. The Morgan fingerprint density at radius 2 is 2.07 bits per heavy atom. The van der Waals surface area contributed by atoms with Gasteiger partial charge in [-0.05, 0) is 38.0 Å². The zero-order valence-corrected chi connectivity index (χ0v) is 18.4. The Bertz CT molecular complexity index is 1240. The van der Waals surface area contributed by atoms with Gasteiger partial charge in [0.05, 0.1) is 5.39 Å². The zero-order chi connectivity index (χ0) is 21.1. The van der Waals surface area contributed by atoms with Crippen molar-refractivity contribution in [2.24, 2.45) is 0 Å². The number of hydrogen-bond donors (Lipinski definition) is 0. The number of rotatable bonds is 8. The Labute approximate surface area is 181 Å². The molecule has 30 heavy (non-hydrogen) atoms. The molecule has 0 saturated carbocycles. The van der Waals surface area contributed by atoms with Crippen LogP contribution in [0.5, 0.6) is 0 Å². The summed E-state index contributed by atoms with van der Waals surface area (Å²) in [5, 5.41) is 5.47. The van der Waals surface area contributed by atoms with Crippen LogP contribution in [-0.4, -0.2) is 30.4 Å². The topological polar surface area (TPSA) is 86.7 Å². The fraction of sp³-hybridized carbons (Fsp3) is 0.286. The minimum absolute atomic E-state index is 0.00291. The first-order valence-corrected chi connectivity index (χ1v) is 11.4. The maximum atomic E-state index is 13.0. The van der Waals surface area contributed by atoms with Crippen molar-refractivity contribution < 1.29 is 4.52 Å². The monoisotopic (exact) mass is 439 g/mol. The molecule has 4 heterocycles. The van der Waals surface area contributed by atoms with Gasteiger partial charge in [-0.2, -0.15) is 4.98 Å². The number of nitrogens with zero attached hydrogens (tertiary/aromatic N) is 5. The predicted molar refractivity (Wildman–Crippen MR) is 120 cm³/mol. The van der Waals surface area contributed by atoms with Crippen molar-refractivity contribution in [3.63, 3.8) is 0 Å². The summed E-state index contributed by atoms with van der Waals surface area (Å²) in [5.41, 5.74) is 1.90. The van der Waals surface area contributed by atoms with Gasteiger partial charge in [-0.15, -0.1) is 17.9 Å². The average molecular weight is 440 g/mol. The maximum Gasteiger partial charge on any atom is 0.263 e. The third-order valence-electron chi connectivity index (χ3n) is 4.74. The van der Waals surface area contributed by atoms with Crippen molar-refractivity contribution in [1.29, 1.82) is 0 Å². The minimum atomic E-state index is 0.00291. The molecule has 0 fully saturated rings. The van der Waals surface area contributed by atoms with Crippen molar-refractivity contribution in [2.45, 2.75) is 38.4 Å². The van der Waals surface area contributed by atoms with Gasteiger partial charge in [-0.1, -0.05) is 23.0 Å². The summed E-state index contributed by atoms with van der Waals surface area (Å²) < 4.78 is 7.05. The first-order valence-electron chi connectivity index (χ1n) is 9.55. The van der Waals surface area contributed by atoms with E-state index in [1.807, 2.05) is 26.0 Å². The average Bonchev–Trinajstić information content (AvgIpc) is 3.33. The van der Waals surface area contributed by atoms with Crippen LogP contribution in [-0.2, 0) is 13.0 Å². The number of allylic oxidation sites excluding steroid dienone is 1. The van der Waals surface area contributed by atoms with Crippen LogP contribution in [0.25, 0.3) is 21.6 Å². The molecule has 0 amide bonds. The van der Waals surface area contributed by atoms with Crippen molar-refractivity contribution in [3.8, 4) is 11.4 Å². The molecule has 154 valence electrons. The molecular formula is C21H21N5O2S2. The highest BCUT2D eigenvalue weighted by atomic mass is 32.2. The van der Waals surface area contributed by atoms with Gasteiger partial charge in [0.2, 0.25) is 11.7 Å². The normalized spacial score (nSPS) is 11.3. The molecule has 4 aromatic rings. The lowest BCUT2D eigenvalue weighted by Gasteiger charge is -2.10. The summed E-state index contributed by atoms with van der Waals surface area (Å²) in [6.45, 7) is 8.23. The molecule has 0 aliphatic carbocycles. The standard InChI is InChI=1S/C21H21N5O2S2/c1-4-11-26-20(27)17-13(2)14(3)30-19(17)24-21(26)29-12-5-6-16-23-18(25-28-16)15-7-9-22-10-8-15/h4,7-10H,1,5-6,11-12H2,2-3H3. The predicted octanol–water partition coefficient (Wildman–Crippen LogP) is 4.43. The molecule has 0 unspecified atom stereocenters. The molecule has 0 aliphatic heterocycles. The van der Waals surface area contributed by atoms with Crippen LogP contribution in [0.15, 0.2) is 51.7 Å².